The summed E-state index contributed by atoms with van der Waals surface area (Å²) in [5, 5.41) is 0. The average Bonchev–Trinajstić information content (AvgIpc) is 2.91. The Balaban J connectivity index is 1.88. The lowest BCUT2D eigenvalue weighted by atomic mass is 9.81. The fourth-order valence-electron chi connectivity index (χ4n) is 3.88. The third kappa shape index (κ3) is 2.21. The van der Waals surface area contributed by atoms with E-state index in [0.717, 1.165) is 12.0 Å². The van der Waals surface area contributed by atoms with E-state index >= 15 is 0 Å². The van der Waals surface area contributed by atoms with E-state index in [1.807, 2.05) is 0 Å². The highest BCUT2D eigenvalue weighted by Crippen LogP contribution is 2.38. The molecule has 2 aliphatic carbocycles. The van der Waals surface area contributed by atoms with Crippen LogP contribution in [0.15, 0.2) is 18.2 Å². The SMILES string of the molecule is CN(C)[C@H]1CCc2c(cccc2C2CCCC2)C1. The van der Waals surface area contributed by atoms with Crippen molar-refractivity contribution in [2.24, 2.45) is 0 Å². The van der Waals surface area contributed by atoms with Gasteiger partial charge in [0.25, 0.3) is 0 Å². The van der Waals surface area contributed by atoms with Crippen LogP contribution in [0.4, 0.5) is 0 Å². The minimum Gasteiger partial charge on any atom is -0.306 e. The molecule has 0 amide bonds. The molecule has 2 aliphatic rings. The van der Waals surface area contributed by atoms with Gasteiger partial charge in [-0.05, 0) is 68.8 Å². The summed E-state index contributed by atoms with van der Waals surface area (Å²) in [7, 11) is 4.44. The van der Waals surface area contributed by atoms with Crippen molar-refractivity contribution >= 4 is 0 Å². The molecule has 98 valence electrons. The first kappa shape index (κ1) is 12.2. The van der Waals surface area contributed by atoms with Crippen LogP contribution in [0, 0.1) is 0 Å². The lowest BCUT2D eigenvalue weighted by Gasteiger charge is -2.32. The van der Waals surface area contributed by atoms with Crippen LogP contribution in [-0.2, 0) is 12.8 Å². The molecule has 1 aromatic carbocycles. The van der Waals surface area contributed by atoms with Crippen molar-refractivity contribution in [1.82, 2.24) is 4.90 Å². The summed E-state index contributed by atoms with van der Waals surface area (Å²) in [4.78, 5) is 2.39. The number of rotatable bonds is 2. The number of hydrogen-bond acceptors (Lipinski definition) is 1. The van der Waals surface area contributed by atoms with Crippen molar-refractivity contribution in [1.29, 1.82) is 0 Å². The monoisotopic (exact) mass is 243 g/mol. The summed E-state index contributed by atoms with van der Waals surface area (Å²) in [6, 6.07) is 7.81. The Morgan fingerprint density at radius 3 is 2.56 bits per heavy atom. The normalized spacial score (nSPS) is 24.5. The van der Waals surface area contributed by atoms with Gasteiger partial charge in [-0.3, -0.25) is 0 Å². The Hall–Kier alpha value is -0.820. The zero-order chi connectivity index (χ0) is 12.5. The zero-order valence-corrected chi connectivity index (χ0v) is 11.8. The molecule has 1 atom stereocenters. The molecule has 0 heterocycles. The number of fused-ring (bicyclic) bond motifs is 1. The molecule has 1 fully saturated rings. The highest BCUT2D eigenvalue weighted by Gasteiger charge is 2.25. The molecule has 3 rings (SSSR count). The van der Waals surface area contributed by atoms with Crippen molar-refractivity contribution in [3.05, 3.63) is 34.9 Å². The van der Waals surface area contributed by atoms with E-state index in [-0.39, 0.29) is 0 Å². The molecule has 0 N–H and O–H groups in total. The molecule has 0 bridgehead atoms. The summed E-state index contributed by atoms with van der Waals surface area (Å²) in [5.41, 5.74) is 5.04. The van der Waals surface area contributed by atoms with E-state index in [2.05, 4.69) is 37.2 Å². The van der Waals surface area contributed by atoms with E-state index in [0.29, 0.717) is 0 Å². The lowest BCUT2D eigenvalue weighted by Crippen LogP contribution is -2.33. The summed E-state index contributed by atoms with van der Waals surface area (Å²) < 4.78 is 0. The van der Waals surface area contributed by atoms with E-state index in [1.165, 1.54) is 44.9 Å². The van der Waals surface area contributed by atoms with E-state index < -0.39 is 0 Å². The molecule has 0 aromatic heterocycles. The zero-order valence-electron chi connectivity index (χ0n) is 11.8. The smallest absolute Gasteiger partial charge is 0.0133 e. The fourth-order valence-corrected chi connectivity index (χ4v) is 3.88. The maximum Gasteiger partial charge on any atom is 0.0133 e. The topological polar surface area (TPSA) is 3.24 Å². The van der Waals surface area contributed by atoms with Gasteiger partial charge in [0.05, 0.1) is 0 Å². The number of likely N-dealkylation sites (N-methyl/N-ethyl adjacent to an activating group) is 1. The Bertz CT molecular complexity index is 416. The van der Waals surface area contributed by atoms with Gasteiger partial charge in [0.1, 0.15) is 0 Å². The van der Waals surface area contributed by atoms with Gasteiger partial charge in [0.2, 0.25) is 0 Å². The molecule has 18 heavy (non-hydrogen) atoms. The second kappa shape index (κ2) is 5.05. The second-order valence-corrected chi connectivity index (χ2v) is 6.33. The Labute approximate surface area is 111 Å². The molecule has 1 saturated carbocycles. The van der Waals surface area contributed by atoms with Crippen LogP contribution in [0.5, 0.6) is 0 Å². The minimum absolute atomic E-state index is 0.747. The minimum atomic E-state index is 0.747. The maximum atomic E-state index is 2.41. The van der Waals surface area contributed by atoms with Gasteiger partial charge < -0.3 is 4.90 Å². The molecule has 0 spiro atoms. The van der Waals surface area contributed by atoms with Gasteiger partial charge in [-0.1, -0.05) is 31.0 Å². The molecule has 0 aliphatic heterocycles. The number of nitrogens with zero attached hydrogens (tertiary/aromatic N) is 1. The van der Waals surface area contributed by atoms with Crippen LogP contribution in [0.1, 0.15) is 54.7 Å². The number of benzene rings is 1. The van der Waals surface area contributed by atoms with Crippen molar-refractivity contribution in [2.45, 2.75) is 56.9 Å². The molecule has 1 aromatic rings. The van der Waals surface area contributed by atoms with Crippen LogP contribution >= 0.6 is 0 Å². The summed E-state index contributed by atoms with van der Waals surface area (Å²) in [6.45, 7) is 0. The van der Waals surface area contributed by atoms with E-state index in [9.17, 15) is 0 Å². The Morgan fingerprint density at radius 2 is 1.83 bits per heavy atom. The average molecular weight is 243 g/mol. The quantitative estimate of drug-likeness (QED) is 0.764. The first-order chi connectivity index (χ1) is 8.75. The summed E-state index contributed by atoms with van der Waals surface area (Å²) in [6.07, 6.45) is 9.61. The van der Waals surface area contributed by atoms with E-state index in [1.54, 1.807) is 16.7 Å². The fraction of sp³-hybridized carbons (Fsp3) is 0.647. The molecule has 0 radical (unpaired) electrons. The van der Waals surface area contributed by atoms with Gasteiger partial charge in [-0.15, -0.1) is 0 Å². The van der Waals surface area contributed by atoms with Crippen LogP contribution in [0.3, 0.4) is 0 Å². The van der Waals surface area contributed by atoms with Crippen LogP contribution in [-0.4, -0.2) is 25.0 Å². The van der Waals surface area contributed by atoms with Crippen LogP contribution in [0.25, 0.3) is 0 Å². The van der Waals surface area contributed by atoms with Crippen molar-refractivity contribution in [2.75, 3.05) is 14.1 Å². The van der Waals surface area contributed by atoms with Crippen LogP contribution in [0.2, 0.25) is 0 Å². The standard InChI is InChI=1S/C17H25N/c1-18(2)15-10-11-17-14(12-15)8-5-9-16(17)13-6-3-4-7-13/h5,8-9,13,15H,3-4,6-7,10-12H2,1-2H3/t15-/m0/s1. The van der Waals surface area contributed by atoms with Gasteiger partial charge in [-0.2, -0.15) is 0 Å². The first-order valence-corrected chi connectivity index (χ1v) is 7.53. The van der Waals surface area contributed by atoms with Gasteiger partial charge >= 0.3 is 0 Å². The predicted molar refractivity (Wildman–Crippen MR) is 77.2 cm³/mol. The Kier molecular flexibility index (Phi) is 3.43. The van der Waals surface area contributed by atoms with Crippen molar-refractivity contribution in [3.63, 3.8) is 0 Å². The third-order valence-electron chi connectivity index (χ3n) is 5.02. The molecule has 1 nitrogen and oxygen atoms in total. The molecule has 0 saturated heterocycles. The second-order valence-electron chi connectivity index (χ2n) is 6.33. The summed E-state index contributed by atoms with van der Waals surface area (Å²) >= 11 is 0. The first-order valence-electron chi connectivity index (χ1n) is 7.53. The van der Waals surface area contributed by atoms with Gasteiger partial charge in [-0.25, -0.2) is 0 Å². The summed E-state index contributed by atoms with van der Waals surface area (Å²) in [5.74, 6) is 0.871. The van der Waals surface area contributed by atoms with Gasteiger partial charge in [0.15, 0.2) is 0 Å². The molecular weight excluding hydrogens is 218 g/mol. The predicted octanol–water partition coefficient (Wildman–Crippen LogP) is 3.76. The van der Waals surface area contributed by atoms with Gasteiger partial charge in [0, 0.05) is 6.04 Å². The Morgan fingerprint density at radius 1 is 1.06 bits per heavy atom. The maximum absolute atomic E-state index is 2.41. The third-order valence-corrected chi connectivity index (χ3v) is 5.02. The van der Waals surface area contributed by atoms with Crippen molar-refractivity contribution < 1.29 is 0 Å². The molecule has 0 unspecified atom stereocenters. The molecular formula is C17H25N. The highest BCUT2D eigenvalue weighted by molar-refractivity contribution is 5.40. The van der Waals surface area contributed by atoms with Crippen molar-refractivity contribution in [3.8, 4) is 0 Å². The van der Waals surface area contributed by atoms with Crippen LogP contribution < -0.4 is 0 Å². The molecule has 1 heteroatoms. The number of hydrogen-bond donors (Lipinski definition) is 0. The highest BCUT2D eigenvalue weighted by atomic mass is 15.1. The largest absolute Gasteiger partial charge is 0.306 e. The lowest BCUT2D eigenvalue weighted by molar-refractivity contribution is 0.267. The van der Waals surface area contributed by atoms with E-state index in [4.69, 9.17) is 0 Å².